The van der Waals surface area contributed by atoms with Crippen LogP contribution >= 0.6 is 11.6 Å². The SMILES string of the molecule is CCOC(=O)C1(NC)CCCC1CCn1cc(Cl)cn1. The summed E-state index contributed by atoms with van der Waals surface area (Å²) in [5.41, 5.74) is -0.535. The summed E-state index contributed by atoms with van der Waals surface area (Å²) < 4.78 is 7.09. The third-order valence-electron chi connectivity index (χ3n) is 4.21. The van der Waals surface area contributed by atoms with Gasteiger partial charge in [0.05, 0.1) is 17.8 Å². The maximum atomic E-state index is 12.3. The second-order valence-corrected chi connectivity index (χ2v) is 5.68. The molecule has 20 heavy (non-hydrogen) atoms. The Bertz CT molecular complexity index is 463. The Kier molecular flexibility index (Phi) is 5.05. The van der Waals surface area contributed by atoms with Crippen molar-refractivity contribution in [2.75, 3.05) is 13.7 Å². The maximum absolute atomic E-state index is 12.3. The van der Waals surface area contributed by atoms with Crippen molar-refractivity contribution >= 4 is 17.6 Å². The lowest BCUT2D eigenvalue weighted by Crippen LogP contribution is -2.54. The minimum absolute atomic E-state index is 0.122. The lowest BCUT2D eigenvalue weighted by atomic mass is 9.84. The van der Waals surface area contributed by atoms with E-state index in [1.807, 2.05) is 24.9 Å². The van der Waals surface area contributed by atoms with Crippen molar-refractivity contribution in [2.45, 2.75) is 44.7 Å². The van der Waals surface area contributed by atoms with E-state index in [-0.39, 0.29) is 11.9 Å². The molecule has 1 N–H and O–H groups in total. The van der Waals surface area contributed by atoms with E-state index in [0.717, 1.165) is 32.2 Å². The summed E-state index contributed by atoms with van der Waals surface area (Å²) in [7, 11) is 1.85. The van der Waals surface area contributed by atoms with E-state index in [9.17, 15) is 4.79 Å². The predicted octanol–water partition coefficient (Wildman–Crippen LogP) is 2.25. The Morgan fingerprint density at radius 1 is 1.70 bits per heavy atom. The van der Waals surface area contributed by atoms with Crippen LogP contribution in [0.5, 0.6) is 0 Å². The number of carbonyl (C=O) groups is 1. The second kappa shape index (κ2) is 6.59. The first kappa shape index (κ1) is 15.3. The fourth-order valence-electron chi connectivity index (χ4n) is 3.18. The van der Waals surface area contributed by atoms with Crippen LogP contribution in [0.4, 0.5) is 0 Å². The fraction of sp³-hybridized carbons (Fsp3) is 0.714. The van der Waals surface area contributed by atoms with E-state index in [0.29, 0.717) is 11.6 Å². The van der Waals surface area contributed by atoms with Crippen molar-refractivity contribution in [3.63, 3.8) is 0 Å². The Morgan fingerprint density at radius 2 is 2.50 bits per heavy atom. The van der Waals surface area contributed by atoms with Crippen LogP contribution < -0.4 is 5.32 Å². The van der Waals surface area contributed by atoms with E-state index in [4.69, 9.17) is 16.3 Å². The third kappa shape index (κ3) is 2.99. The first-order valence-electron chi connectivity index (χ1n) is 7.16. The summed E-state index contributed by atoms with van der Waals surface area (Å²) in [6, 6.07) is 0. The number of esters is 1. The van der Waals surface area contributed by atoms with Crippen LogP contribution in [-0.4, -0.2) is 34.9 Å². The number of aryl methyl sites for hydroxylation is 1. The molecule has 112 valence electrons. The molecule has 1 heterocycles. The van der Waals surface area contributed by atoms with Crippen LogP contribution in [0.15, 0.2) is 12.4 Å². The van der Waals surface area contributed by atoms with Gasteiger partial charge in [0.25, 0.3) is 0 Å². The van der Waals surface area contributed by atoms with E-state index < -0.39 is 5.54 Å². The van der Waals surface area contributed by atoms with Gasteiger partial charge in [-0.2, -0.15) is 5.10 Å². The highest BCUT2D eigenvalue weighted by molar-refractivity contribution is 6.30. The molecule has 6 heteroatoms. The molecular formula is C14H22ClN3O2. The highest BCUT2D eigenvalue weighted by atomic mass is 35.5. The normalized spacial score (nSPS) is 25.9. The number of aromatic nitrogens is 2. The lowest BCUT2D eigenvalue weighted by Gasteiger charge is -2.32. The molecule has 1 aliphatic carbocycles. The minimum Gasteiger partial charge on any atom is -0.465 e. The smallest absolute Gasteiger partial charge is 0.326 e. The number of halogens is 1. The van der Waals surface area contributed by atoms with Crippen LogP contribution in [0.25, 0.3) is 0 Å². The van der Waals surface area contributed by atoms with E-state index >= 15 is 0 Å². The van der Waals surface area contributed by atoms with Gasteiger partial charge in [-0.05, 0) is 39.2 Å². The number of hydrogen-bond acceptors (Lipinski definition) is 4. The Labute approximate surface area is 124 Å². The number of ether oxygens (including phenoxy) is 1. The molecule has 1 aliphatic rings. The molecule has 0 amide bonds. The standard InChI is InChI=1S/C14H22ClN3O2/c1-3-20-13(19)14(16-2)7-4-5-11(14)6-8-18-10-12(15)9-17-18/h9-11,16H,3-8H2,1-2H3. The quantitative estimate of drug-likeness (QED) is 0.819. The van der Waals surface area contributed by atoms with Crippen LogP contribution in [0.3, 0.4) is 0 Å². The molecule has 0 saturated heterocycles. The number of hydrogen-bond donors (Lipinski definition) is 1. The molecule has 0 spiro atoms. The maximum Gasteiger partial charge on any atom is 0.326 e. The third-order valence-corrected chi connectivity index (χ3v) is 4.41. The molecule has 1 aromatic heterocycles. The zero-order valence-corrected chi connectivity index (χ0v) is 12.8. The van der Waals surface area contributed by atoms with Crippen LogP contribution in [-0.2, 0) is 16.1 Å². The van der Waals surface area contributed by atoms with Crippen LogP contribution in [0.1, 0.15) is 32.6 Å². The number of rotatable bonds is 6. The van der Waals surface area contributed by atoms with Gasteiger partial charge in [0.15, 0.2) is 0 Å². The molecule has 1 fully saturated rings. The summed E-state index contributed by atoms with van der Waals surface area (Å²) in [5, 5.41) is 8.04. The molecule has 1 aromatic rings. The molecule has 0 radical (unpaired) electrons. The Balaban J connectivity index is 2.03. The number of nitrogens with one attached hydrogen (secondary N) is 1. The summed E-state index contributed by atoms with van der Waals surface area (Å²) in [5.74, 6) is 0.151. The van der Waals surface area contributed by atoms with E-state index in [1.54, 1.807) is 6.20 Å². The van der Waals surface area contributed by atoms with Crippen molar-refractivity contribution in [1.82, 2.24) is 15.1 Å². The van der Waals surface area contributed by atoms with Gasteiger partial charge >= 0.3 is 5.97 Å². The van der Waals surface area contributed by atoms with Crippen molar-refractivity contribution in [2.24, 2.45) is 5.92 Å². The first-order valence-corrected chi connectivity index (χ1v) is 7.54. The van der Waals surface area contributed by atoms with Crippen LogP contribution in [0.2, 0.25) is 5.02 Å². The molecule has 0 aliphatic heterocycles. The average Bonchev–Trinajstić information content (AvgIpc) is 3.03. The predicted molar refractivity (Wildman–Crippen MR) is 77.6 cm³/mol. The molecule has 0 bridgehead atoms. The van der Waals surface area contributed by atoms with Crippen molar-refractivity contribution in [1.29, 1.82) is 0 Å². The summed E-state index contributed by atoms with van der Waals surface area (Å²) in [6.45, 7) is 3.03. The van der Waals surface area contributed by atoms with Gasteiger partial charge < -0.3 is 10.1 Å². The number of nitrogens with zero attached hydrogens (tertiary/aromatic N) is 2. The lowest BCUT2D eigenvalue weighted by molar-refractivity contribution is -0.153. The van der Waals surface area contributed by atoms with Gasteiger partial charge in [0.2, 0.25) is 0 Å². The van der Waals surface area contributed by atoms with Gasteiger partial charge in [0.1, 0.15) is 5.54 Å². The molecule has 2 unspecified atom stereocenters. The highest BCUT2D eigenvalue weighted by Gasteiger charge is 2.48. The molecule has 2 atom stereocenters. The highest BCUT2D eigenvalue weighted by Crippen LogP contribution is 2.39. The van der Waals surface area contributed by atoms with E-state index in [1.165, 1.54) is 0 Å². The topological polar surface area (TPSA) is 56.1 Å². The fourth-order valence-corrected chi connectivity index (χ4v) is 3.33. The monoisotopic (exact) mass is 299 g/mol. The number of carbonyl (C=O) groups excluding carboxylic acids is 1. The second-order valence-electron chi connectivity index (χ2n) is 5.24. The van der Waals surface area contributed by atoms with Gasteiger partial charge in [-0.3, -0.25) is 9.48 Å². The molecule has 1 saturated carbocycles. The van der Waals surface area contributed by atoms with Crippen molar-refractivity contribution in [3.05, 3.63) is 17.4 Å². The van der Waals surface area contributed by atoms with Crippen molar-refractivity contribution < 1.29 is 9.53 Å². The average molecular weight is 300 g/mol. The van der Waals surface area contributed by atoms with Crippen LogP contribution in [0, 0.1) is 5.92 Å². The zero-order valence-electron chi connectivity index (χ0n) is 12.1. The van der Waals surface area contributed by atoms with E-state index in [2.05, 4.69) is 10.4 Å². The van der Waals surface area contributed by atoms with Gasteiger partial charge in [-0.25, -0.2) is 0 Å². The largest absolute Gasteiger partial charge is 0.465 e. The molecule has 5 nitrogen and oxygen atoms in total. The number of likely N-dealkylation sites (N-methyl/N-ethyl adjacent to an activating group) is 1. The summed E-state index contributed by atoms with van der Waals surface area (Å²) >= 11 is 5.86. The Hall–Kier alpha value is -1.07. The van der Waals surface area contributed by atoms with Gasteiger partial charge in [0, 0.05) is 12.7 Å². The zero-order chi connectivity index (χ0) is 14.6. The van der Waals surface area contributed by atoms with Crippen molar-refractivity contribution in [3.8, 4) is 0 Å². The molecule has 2 rings (SSSR count). The van der Waals surface area contributed by atoms with Gasteiger partial charge in [-0.1, -0.05) is 18.0 Å². The summed E-state index contributed by atoms with van der Waals surface area (Å²) in [4.78, 5) is 12.3. The minimum atomic E-state index is -0.535. The van der Waals surface area contributed by atoms with Gasteiger partial charge in [-0.15, -0.1) is 0 Å². The molecular weight excluding hydrogens is 278 g/mol. The first-order chi connectivity index (χ1) is 9.62. The molecule has 0 aromatic carbocycles. The summed E-state index contributed by atoms with van der Waals surface area (Å²) in [6.07, 6.45) is 7.25. The Morgan fingerprint density at radius 3 is 3.10 bits per heavy atom.